The summed E-state index contributed by atoms with van der Waals surface area (Å²) < 4.78 is 5.27. The zero-order valence-electron chi connectivity index (χ0n) is 14.9. The first kappa shape index (κ1) is 18.4. The van der Waals surface area contributed by atoms with E-state index in [1.165, 1.54) is 0 Å². The van der Waals surface area contributed by atoms with Gasteiger partial charge in [-0.05, 0) is 45.4 Å². The van der Waals surface area contributed by atoms with Crippen LogP contribution in [-0.4, -0.2) is 22.6 Å². The molecule has 2 rings (SSSR count). The highest BCUT2D eigenvalue weighted by molar-refractivity contribution is 5.97. The van der Waals surface area contributed by atoms with Crippen molar-refractivity contribution in [3.05, 3.63) is 59.9 Å². The van der Waals surface area contributed by atoms with Gasteiger partial charge in [0.25, 0.3) is 5.91 Å². The van der Waals surface area contributed by atoms with Crippen molar-refractivity contribution in [1.29, 1.82) is 0 Å². The van der Waals surface area contributed by atoms with Gasteiger partial charge >= 0.3 is 6.09 Å². The number of hydrogen-bond acceptors (Lipinski definition) is 4. The van der Waals surface area contributed by atoms with Crippen LogP contribution >= 0.6 is 0 Å². The second-order valence-corrected chi connectivity index (χ2v) is 6.67. The summed E-state index contributed by atoms with van der Waals surface area (Å²) in [5.41, 5.74) is 1.42. The van der Waals surface area contributed by atoms with Gasteiger partial charge in [-0.15, -0.1) is 0 Å². The Labute approximate surface area is 147 Å². The maximum atomic E-state index is 12.7. The number of anilines is 1. The first-order valence-corrected chi connectivity index (χ1v) is 8.02. The SMILES string of the molecule is Cc1cc(NC(=O)[C@@H](NC(=O)OC(C)(C)C)c2ccccc2)ccn1. The predicted octanol–water partition coefficient (Wildman–Crippen LogP) is 3.59. The van der Waals surface area contributed by atoms with Gasteiger partial charge < -0.3 is 15.4 Å². The maximum Gasteiger partial charge on any atom is 0.408 e. The van der Waals surface area contributed by atoms with Gasteiger partial charge in [-0.1, -0.05) is 30.3 Å². The number of pyridine rings is 1. The zero-order valence-corrected chi connectivity index (χ0v) is 14.9. The van der Waals surface area contributed by atoms with Crippen molar-refractivity contribution in [3.63, 3.8) is 0 Å². The van der Waals surface area contributed by atoms with Gasteiger partial charge in [-0.25, -0.2) is 4.79 Å². The smallest absolute Gasteiger partial charge is 0.408 e. The molecule has 0 saturated heterocycles. The molecule has 1 aromatic heterocycles. The molecule has 0 aliphatic rings. The molecule has 0 saturated carbocycles. The fraction of sp³-hybridized carbons (Fsp3) is 0.316. The Morgan fingerprint density at radius 2 is 1.80 bits per heavy atom. The minimum absolute atomic E-state index is 0.359. The first-order valence-electron chi connectivity index (χ1n) is 8.02. The van der Waals surface area contributed by atoms with Crippen LogP contribution in [0, 0.1) is 6.92 Å². The van der Waals surface area contributed by atoms with E-state index in [2.05, 4.69) is 15.6 Å². The summed E-state index contributed by atoms with van der Waals surface area (Å²) in [7, 11) is 0. The number of benzene rings is 1. The van der Waals surface area contributed by atoms with Crippen LogP contribution in [0.15, 0.2) is 48.7 Å². The Morgan fingerprint density at radius 1 is 1.12 bits per heavy atom. The summed E-state index contributed by atoms with van der Waals surface area (Å²) in [6, 6.07) is 11.6. The Hall–Kier alpha value is -2.89. The molecule has 0 spiro atoms. The molecule has 1 heterocycles. The van der Waals surface area contributed by atoms with Gasteiger partial charge in [0, 0.05) is 17.6 Å². The number of carbonyl (C=O) groups is 2. The highest BCUT2D eigenvalue weighted by Gasteiger charge is 2.25. The molecule has 0 fully saturated rings. The molecule has 0 unspecified atom stereocenters. The number of aryl methyl sites for hydroxylation is 1. The Balaban J connectivity index is 2.19. The summed E-state index contributed by atoms with van der Waals surface area (Å²) in [6.45, 7) is 7.14. The van der Waals surface area contributed by atoms with E-state index in [-0.39, 0.29) is 5.91 Å². The highest BCUT2D eigenvalue weighted by Crippen LogP contribution is 2.17. The van der Waals surface area contributed by atoms with E-state index in [1.807, 2.05) is 25.1 Å². The third-order valence-electron chi connectivity index (χ3n) is 3.22. The highest BCUT2D eigenvalue weighted by atomic mass is 16.6. The molecule has 1 aromatic carbocycles. The lowest BCUT2D eigenvalue weighted by Gasteiger charge is -2.23. The fourth-order valence-corrected chi connectivity index (χ4v) is 2.21. The number of ether oxygens (including phenoxy) is 1. The molecule has 6 heteroatoms. The van der Waals surface area contributed by atoms with Gasteiger partial charge in [-0.2, -0.15) is 0 Å². The topological polar surface area (TPSA) is 80.3 Å². The molecule has 1 atom stereocenters. The third kappa shape index (κ3) is 5.91. The van der Waals surface area contributed by atoms with Gasteiger partial charge in [0.1, 0.15) is 11.6 Å². The van der Waals surface area contributed by atoms with E-state index < -0.39 is 17.7 Å². The minimum atomic E-state index is -0.871. The van der Waals surface area contributed by atoms with Crippen LogP contribution in [0.4, 0.5) is 10.5 Å². The van der Waals surface area contributed by atoms with E-state index in [1.54, 1.807) is 51.2 Å². The number of alkyl carbamates (subject to hydrolysis) is 1. The van der Waals surface area contributed by atoms with Crippen LogP contribution in [0.1, 0.15) is 38.1 Å². The molecule has 2 N–H and O–H groups in total. The molecule has 2 aromatic rings. The van der Waals surface area contributed by atoms with Crippen LogP contribution in [0.3, 0.4) is 0 Å². The Kier molecular flexibility index (Phi) is 5.75. The van der Waals surface area contributed by atoms with E-state index in [4.69, 9.17) is 4.74 Å². The molecule has 25 heavy (non-hydrogen) atoms. The number of carbonyl (C=O) groups excluding carboxylic acids is 2. The van der Waals surface area contributed by atoms with Gasteiger partial charge in [0.15, 0.2) is 0 Å². The van der Waals surface area contributed by atoms with Crippen LogP contribution in [0.25, 0.3) is 0 Å². The van der Waals surface area contributed by atoms with Gasteiger partial charge in [-0.3, -0.25) is 9.78 Å². The molecule has 0 radical (unpaired) electrons. The van der Waals surface area contributed by atoms with Crippen molar-refractivity contribution < 1.29 is 14.3 Å². The summed E-state index contributed by atoms with van der Waals surface area (Å²) in [5, 5.41) is 5.44. The lowest BCUT2D eigenvalue weighted by Crippen LogP contribution is -2.40. The van der Waals surface area contributed by atoms with E-state index in [9.17, 15) is 9.59 Å². The van der Waals surface area contributed by atoms with E-state index in [0.29, 0.717) is 11.3 Å². The Morgan fingerprint density at radius 3 is 2.40 bits per heavy atom. The second kappa shape index (κ2) is 7.79. The molecular weight excluding hydrogens is 318 g/mol. The molecule has 0 aliphatic carbocycles. The van der Waals surface area contributed by atoms with Crippen molar-refractivity contribution in [1.82, 2.24) is 10.3 Å². The van der Waals surface area contributed by atoms with Crippen molar-refractivity contribution in [2.24, 2.45) is 0 Å². The van der Waals surface area contributed by atoms with Crippen molar-refractivity contribution in [2.75, 3.05) is 5.32 Å². The third-order valence-corrected chi connectivity index (χ3v) is 3.22. The number of nitrogens with one attached hydrogen (secondary N) is 2. The monoisotopic (exact) mass is 341 g/mol. The van der Waals surface area contributed by atoms with Gasteiger partial charge in [0.2, 0.25) is 0 Å². The summed E-state index contributed by atoms with van der Waals surface area (Å²) in [4.78, 5) is 29.0. The molecule has 6 nitrogen and oxygen atoms in total. The number of hydrogen-bond donors (Lipinski definition) is 2. The van der Waals surface area contributed by atoms with E-state index in [0.717, 1.165) is 5.69 Å². The van der Waals surface area contributed by atoms with Crippen LogP contribution in [-0.2, 0) is 9.53 Å². The largest absolute Gasteiger partial charge is 0.444 e. The number of rotatable bonds is 4. The summed E-state index contributed by atoms with van der Waals surface area (Å²) in [5.74, 6) is -0.359. The van der Waals surface area contributed by atoms with Crippen LogP contribution < -0.4 is 10.6 Å². The van der Waals surface area contributed by atoms with Crippen LogP contribution in [0.5, 0.6) is 0 Å². The molecule has 0 aliphatic heterocycles. The average molecular weight is 341 g/mol. The summed E-state index contributed by atoms with van der Waals surface area (Å²) in [6.07, 6.45) is 0.964. The zero-order chi connectivity index (χ0) is 18.4. The maximum absolute atomic E-state index is 12.7. The summed E-state index contributed by atoms with van der Waals surface area (Å²) >= 11 is 0. The lowest BCUT2D eigenvalue weighted by molar-refractivity contribution is -0.118. The number of nitrogens with zero attached hydrogens (tertiary/aromatic N) is 1. The molecule has 2 amide bonds. The van der Waals surface area contributed by atoms with Crippen molar-refractivity contribution >= 4 is 17.7 Å². The van der Waals surface area contributed by atoms with Crippen molar-refractivity contribution in [3.8, 4) is 0 Å². The Bertz CT molecular complexity index is 739. The average Bonchev–Trinajstić information content (AvgIpc) is 2.51. The molecular formula is C19H23N3O3. The lowest BCUT2D eigenvalue weighted by atomic mass is 10.1. The number of aromatic nitrogens is 1. The number of amides is 2. The van der Waals surface area contributed by atoms with E-state index >= 15 is 0 Å². The quantitative estimate of drug-likeness (QED) is 0.890. The van der Waals surface area contributed by atoms with Crippen LogP contribution in [0.2, 0.25) is 0 Å². The fourth-order valence-electron chi connectivity index (χ4n) is 2.21. The van der Waals surface area contributed by atoms with Crippen molar-refractivity contribution in [2.45, 2.75) is 39.3 Å². The minimum Gasteiger partial charge on any atom is -0.444 e. The second-order valence-electron chi connectivity index (χ2n) is 6.67. The normalized spacial score (nSPS) is 12.2. The standard InChI is InChI=1S/C19H23N3O3/c1-13-12-15(10-11-20-13)21-17(23)16(14-8-6-5-7-9-14)22-18(24)25-19(2,3)4/h5-12,16H,1-4H3,(H,22,24)(H,20,21,23)/t16-/m0/s1. The molecule has 132 valence electrons. The first-order chi connectivity index (χ1) is 11.7. The molecule has 0 bridgehead atoms. The predicted molar refractivity (Wildman–Crippen MR) is 96.2 cm³/mol. The van der Waals surface area contributed by atoms with Gasteiger partial charge in [0.05, 0.1) is 0 Å².